The Morgan fingerprint density at radius 1 is 1.21 bits per heavy atom. The fourth-order valence-electron chi connectivity index (χ4n) is 2.29. The maximum Gasteiger partial charge on any atom is 0.374 e. The molecule has 126 valence electrons. The van der Waals surface area contributed by atoms with Crippen molar-refractivity contribution in [2.75, 3.05) is 19.8 Å². The van der Waals surface area contributed by atoms with E-state index in [2.05, 4.69) is 5.32 Å². The molecule has 1 N–H and O–H groups in total. The molecule has 7 nitrogen and oxygen atoms in total. The van der Waals surface area contributed by atoms with Crippen molar-refractivity contribution in [2.45, 2.75) is 13.0 Å². The minimum Gasteiger partial charge on any atom is -0.486 e. The highest BCUT2D eigenvalue weighted by Gasteiger charge is 2.17. The number of benzene rings is 1. The molecule has 1 amide bonds. The lowest BCUT2D eigenvalue weighted by atomic mass is 10.1. The summed E-state index contributed by atoms with van der Waals surface area (Å²) in [6.07, 6.45) is 1.36. The first-order chi connectivity index (χ1) is 11.6. The summed E-state index contributed by atoms with van der Waals surface area (Å²) in [5, 5.41) is 2.76. The van der Waals surface area contributed by atoms with Crippen molar-refractivity contribution >= 4 is 11.9 Å². The van der Waals surface area contributed by atoms with Crippen molar-refractivity contribution in [3.8, 4) is 11.5 Å². The summed E-state index contributed by atoms with van der Waals surface area (Å²) in [5.41, 5.74) is 0.866. The standard InChI is InChI=1S/C17H17NO6/c1-11(12-4-5-13-15(9-12)23-8-7-22-13)18-16(19)10-24-17(20)14-3-2-6-21-14/h2-6,9,11H,7-8,10H2,1H3,(H,18,19). The Kier molecular flexibility index (Phi) is 4.69. The quantitative estimate of drug-likeness (QED) is 0.844. The van der Waals surface area contributed by atoms with E-state index in [-0.39, 0.29) is 18.4 Å². The van der Waals surface area contributed by atoms with Gasteiger partial charge in [0.2, 0.25) is 5.76 Å². The minimum atomic E-state index is -0.679. The molecule has 0 spiro atoms. The van der Waals surface area contributed by atoms with Crippen molar-refractivity contribution in [3.05, 3.63) is 47.9 Å². The lowest BCUT2D eigenvalue weighted by Gasteiger charge is -2.21. The van der Waals surface area contributed by atoms with E-state index < -0.39 is 11.9 Å². The molecule has 2 aromatic rings. The highest BCUT2D eigenvalue weighted by atomic mass is 16.6. The number of hydrogen-bond acceptors (Lipinski definition) is 6. The summed E-state index contributed by atoms with van der Waals surface area (Å²) in [5.74, 6) is 0.321. The molecule has 0 radical (unpaired) electrons. The van der Waals surface area contributed by atoms with Gasteiger partial charge in [-0.25, -0.2) is 4.79 Å². The fourth-order valence-corrected chi connectivity index (χ4v) is 2.29. The Labute approximate surface area is 138 Å². The van der Waals surface area contributed by atoms with Gasteiger partial charge in [0.25, 0.3) is 5.91 Å². The summed E-state index contributed by atoms with van der Waals surface area (Å²) in [6.45, 7) is 2.48. The van der Waals surface area contributed by atoms with E-state index in [4.69, 9.17) is 18.6 Å². The van der Waals surface area contributed by atoms with Crippen molar-refractivity contribution in [1.29, 1.82) is 0 Å². The number of furan rings is 1. The number of carbonyl (C=O) groups is 2. The second kappa shape index (κ2) is 7.08. The molecular formula is C17H17NO6. The van der Waals surface area contributed by atoms with Crippen LogP contribution in [0, 0.1) is 0 Å². The predicted molar refractivity (Wildman–Crippen MR) is 83.0 cm³/mol. The van der Waals surface area contributed by atoms with Crippen molar-refractivity contribution in [3.63, 3.8) is 0 Å². The normalized spacial score (nSPS) is 13.9. The third kappa shape index (κ3) is 3.68. The zero-order valence-corrected chi connectivity index (χ0v) is 13.1. The lowest BCUT2D eigenvalue weighted by Crippen LogP contribution is -2.31. The molecular weight excluding hydrogens is 314 g/mol. The Bertz CT molecular complexity index is 725. The number of amides is 1. The van der Waals surface area contributed by atoms with Crippen LogP contribution in [0.1, 0.15) is 29.1 Å². The van der Waals surface area contributed by atoms with Crippen LogP contribution in [0.25, 0.3) is 0 Å². The van der Waals surface area contributed by atoms with Crippen molar-refractivity contribution in [1.82, 2.24) is 5.32 Å². The second-order valence-electron chi connectivity index (χ2n) is 5.25. The average Bonchev–Trinajstić information content (AvgIpc) is 3.14. The van der Waals surface area contributed by atoms with Crippen LogP contribution >= 0.6 is 0 Å². The van der Waals surface area contributed by atoms with Gasteiger partial charge in [0.05, 0.1) is 12.3 Å². The first kappa shape index (κ1) is 15.9. The van der Waals surface area contributed by atoms with Gasteiger partial charge in [-0.3, -0.25) is 4.79 Å². The Morgan fingerprint density at radius 3 is 2.75 bits per heavy atom. The molecule has 1 aromatic heterocycles. The zero-order valence-electron chi connectivity index (χ0n) is 13.1. The number of nitrogens with one attached hydrogen (secondary N) is 1. The van der Waals surface area contributed by atoms with Crippen LogP contribution in [-0.2, 0) is 9.53 Å². The van der Waals surface area contributed by atoms with Crippen molar-refractivity contribution in [2.24, 2.45) is 0 Å². The van der Waals surface area contributed by atoms with Gasteiger partial charge in [0, 0.05) is 0 Å². The van der Waals surface area contributed by atoms with Gasteiger partial charge in [-0.05, 0) is 36.8 Å². The summed E-state index contributed by atoms with van der Waals surface area (Å²) in [4.78, 5) is 23.5. The molecule has 24 heavy (non-hydrogen) atoms. The first-order valence-electron chi connectivity index (χ1n) is 7.53. The molecule has 3 rings (SSSR count). The molecule has 1 aromatic carbocycles. The molecule has 0 aliphatic carbocycles. The van der Waals surface area contributed by atoms with Gasteiger partial charge in [-0.1, -0.05) is 6.07 Å². The van der Waals surface area contributed by atoms with Gasteiger partial charge in [0.15, 0.2) is 18.1 Å². The third-order valence-corrected chi connectivity index (χ3v) is 3.50. The maximum absolute atomic E-state index is 11.9. The molecule has 0 bridgehead atoms. The second-order valence-corrected chi connectivity index (χ2v) is 5.25. The molecule has 7 heteroatoms. The van der Waals surface area contributed by atoms with Gasteiger partial charge >= 0.3 is 5.97 Å². The number of ether oxygens (including phenoxy) is 3. The summed E-state index contributed by atoms with van der Waals surface area (Å²) in [6, 6.07) is 8.26. The molecule has 0 fully saturated rings. The number of carbonyl (C=O) groups excluding carboxylic acids is 2. The van der Waals surface area contributed by atoms with Crippen LogP contribution in [0.3, 0.4) is 0 Å². The van der Waals surface area contributed by atoms with Gasteiger partial charge in [-0.2, -0.15) is 0 Å². The van der Waals surface area contributed by atoms with E-state index in [0.29, 0.717) is 24.7 Å². The lowest BCUT2D eigenvalue weighted by molar-refractivity contribution is -0.124. The minimum absolute atomic E-state index is 0.0580. The number of hydrogen-bond donors (Lipinski definition) is 1. The Hall–Kier alpha value is -2.96. The molecule has 1 aliphatic rings. The molecule has 2 heterocycles. The van der Waals surface area contributed by atoms with Crippen LogP contribution in [0.2, 0.25) is 0 Å². The van der Waals surface area contributed by atoms with Gasteiger partial charge < -0.3 is 23.9 Å². The van der Waals surface area contributed by atoms with Crippen LogP contribution in [0.15, 0.2) is 41.0 Å². The molecule has 1 aliphatic heterocycles. The summed E-state index contributed by atoms with van der Waals surface area (Å²) >= 11 is 0. The van der Waals surface area contributed by atoms with Crippen LogP contribution in [0.5, 0.6) is 11.5 Å². The van der Waals surface area contributed by atoms with Gasteiger partial charge in [0.1, 0.15) is 13.2 Å². The first-order valence-corrected chi connectivity index (χ1v) is 7.53. The van der Waals surface area contributed by atoms with Crippen LogP contribution in [-0.4, -0.2) is 31.7 Å². The number of rotatable bonds is 5. The maximum atomic E-state index is 11.9. The SMILES string of the molecule is CC(NC(=O)COC(=O)c1ccco1)c1ccc2c(c1)OCCO2. The summed E-state index contributed by atoms with van der Waals surface area (Å²) < 4.78 is 20.8. The predicted octanol–water partition coefficient (Wildman–Crippen LogP) is 2.08. The van der Waals surface area contributed by atoms with E-state index in [0.717, 1.165) is 5.56 Å². The topological polar surface area (TPSA) is 87.0 Å². The van der Waals surface area contributed by atoms with Crippen molar-refractivity contribution < 1.29 is 28.2 Å². The van der Waals surface area contributed by atoms with Crippen LogP contribution in [0.4, 0.5) is 0 Å². The molecule has 0 saturated heterocycles. The summed E-state index contributed by atoms with van der Waals surface area (Å²) in [7, 11) is 0. The van der Waals surface area contributed by atoms with E-state index in [1.807, 2.05) is 25.1 Å². The van der Waals surface area contributed by atoms with E-state index in [9.17, 15) is 9.59 Å². The van der Waals surface area contributed by atoms with Gasteiger partial charge in [-0.15, -0.1) is 0 Å². The smallest absolute Gasteiger partial charge is 0.374 e. The molecule has 0 saturated carbocycles. The van der Waals surface area contributed by atoms with E-state index >= 15 is 0 Å². The third-order valence-electron chi connectivity index (χ3n) is 3.50. The van der Waals surface area contributed by atoms with E-state index in [1.165, 1.54) is 12.3 Å². The highest BCUT2D eigenvalue weighted by Crippen LogP contribution is 2.32. The molecule has 1 unspecified atom stereocenters. The highest BCUT2D eigenvalue weighted by molar-refractivity contribution is 5.88. The monoisotopic (exact) mass is 331 g/mol. The Balaban J connectivity index is 1.53. The Morgan fingerprint density at radius 2 is 2.00 bits per heavy atom. The van der Waals surface area contributed by atoms with Crippen LogP contribution < -0.4 is 14.8 Å². The fraction of sp³-hybridized carbons (Fsp3) is 0.294. The number of fused-ring (bicyclic) bond motifs is 1. The largest absolute Gasteiger partial charge is 0.486 e. The molecule has 1 atom stereocenters. The zero-order chi connectivity index (χ0) is 16.9. The number of esters is 1. The van der Waals surface area contributed by atoms with E-state index in [1.54, 1.807) is 6.07 Å². The average molecular weight is 331 g/mol.